The van der Waals surface area contributed by atoms with Crippen molar-refractivity contribution in [3.63, 3.8) is 0 Å². The lowest BCUT2D eigenvalue weighted by atomic mass is 10.2. The lowest BCUT2D eigenvalue weighted by Crippen LogP contribution is -2.13. The predicted octanol–water partition coefficient (Wildman–Crippen LogP) is 3.79. The summed E-state index contributed by atoms with van der Waals surface area (Å²) >= 11 is 3.59. The number of hydrogen-bond donors (Lipinski definition) is 1. The minimum Gasteiger partial charge on any atom is -0.490 e. The van der Waals surface area contributed by atoms with Crippen molar-refractivity contribution in [3.8, 4) is 11.5 Å². The molecule has 0 radical (unpaired) electrons. The zero-order valence-electron chi connectivity index (χ0n) is 14.1. The first-order valence-electron chi connectivity index (χ1n) is 8.42. The van der Waals surface area contributed by atoms with Gasteiger partial charge in [-0.3, -0.25) is 4.68 Å². The number of aryl methyl sites for hydroxylation is 1. The van der Waals surface area contributed by atoms with Crippen LogP contribution in [0.25, 0.3) is 10.9 Å². The predicted molar refractivity (Wildman–Crippen MR) is 101 cm³/mol. The van der Waals surface area contributed by atoms with Crippen molar-refractivity contribution in [3.05, 3.63) is 52.1 Å². The molecule has 0 spiro atoms. The topological polar surface area (TPSA) is 48.3 Å². The molecule has 0 aliphatic carbocycles. The Kier molecular flexibility index (Phi) is 4.63. The molecule has 1 N–H and O–H groups in total. The fourth-order valence-electron chi connectivity index (χ4n) is 3.13. The smallest absolute Gasteiger partial charge is 0.175 e. The lowest BCUT2D eigenvalue weighted by Gasteiger charge is -2.12. The third kappa shape index (κ3) is 3.37. The van der Waals surface area contributed by atoms with Crippen molar-refractivity contribution in [2.75, 3.05) is 13.2 Å². The largest absolute Gasteiger partial charge is 0.490 e. The lowest BCUT2D eigenvalue weighted by molar-refractivity contribution is 0.296. The third-order valence-electron chi connectivity index (χ3n) is 4.32. The van der Waals surface area contributed by atoms with Gasteiger partial charge >= 0.3 is 0 Å². The molecule has 0 saturated heterocycles. The highest BCUT2D eigenvalue weighted by molar-refractivity contribution is 9.10. The molecule has 0 unspecified atom stereocenters. The van der Waals surface area contributed by atoms with E-state index in [0.29, 0.717) is 19.8 Å². The molecule has 0 fully saturated rings. The molecule has 2 aromatic carbocycles. The molecule has 0 saturated carbocycles. The molecule has 1 aromatic heterocycles. The molecule has 6 heteroatoms. The first kappa shape index (κ1) is 16.4. The van der Waals surface area contributed by atoms with Gasteiger partial charge in [0.1, 0.15) is 0 Å². The summed E-state index contributed by atoms with van der Waals surface area (Å²) in [4.78, 5) is 0. The fraction of sp³-hybridized carbons (Fsp3) is 0.316. The quantitative estimate of drug-likeness (QED) is 0.722. The fourth-order valence-corrected chi connectivity index (χ4v) is 3.73. The third-order valence-corrected chi connectivity index (χ3v) is 4.91. The van der Waals surface area contributed by atoms with Gasteiger partial charge in [-0.25, -0.2) is 0 Å². The number of halogens is 1. The van der Waals surface area contributed by atoms with Gasteiger partial charge in [0.25, 0.3) is 0 Å². The summed E-state index contributed by atoms with van der Waals surface area (Å²) < 4.78 is 14.4. The van der Waals surface area contributed by atoms with E-state index in [1.54, 1.807) is 0 Å². The average Bonchev–Trinajstić information content (AvgIpc) is 2.79. The van der Waals surface area contributed by atoms with Crippen LogP contribution >= 0.6 is 15.9 Å². The van der Waals surface area contributed by atoms with E-state index >= 15 is 0 Å². The monoisotopic (exact) mass is 401 g/mol. The molecule has 0 atom stereocenters. The molecule has 5 nitrogen and oxygen atoms in total. The van der Waals surface area contributed by atoms with Crippen LogP contribution in [0.1, 0.15) is 17.7 Å². The van der Waals surface area contributed by atoms with Crippen LogP contribution in [-0.2, 0) is 20.1 Å². The summed E-state index contributed by atoms with van der Waals surface area (Å²) in [5.41, 5.74) is 3.36. The maximum absolute atomic E-state index is 5.80. The summed E-state index contributed by atoms with van der Waals surface area (Å²) in [5, 5.41) is 9.29. The molecule has 1 aliphatic rings. The summed E-state index contributed by atoms with van der Waals surface area (Å²) in [6.45, 7) is 2.83. The second kappa shape index (κ2) is 7.06. The van der Waals surface area contributed by atoms with Gasteiger partial charge in [-0.05, 0) is 39.7 Å². The number of fused-ring (bicyclic) bond motifs is 2. The zero-order valence-corrected chi connectivity index (χ0v) is 15.7. The van der Waals surface area contributed by atoms with Gasteiger partial charge in [0, 0.05) is 31.9 Å². The van der Waals surface area contributed by atoms with Crippen LogP contribution in [0.2, 0.25) is 0 Å². The Bertz CT molecular complexity index is 907. The minimum atomic E-state index is 0.690. The molecule has 0 amide bonds. The molecule has 3 aromatic rings. The van der Waals surface area contributed by atoms with Gasteiger partial charge in [-0.2, -0.15) is 5.10 Å². The highest BCUT2D eigenvalue weighted by Crippen LogP contribution is 2.38. The number of hydrogen-bond acceptors (Lipinski definition) is 4. The van der Waals surface area contributed by atoms with E-state index in [1.165, 1.54) is 5.39 Å². The number of nitrogens with one attached hydrogen (secondary N) is 1. The molecular formula is C19H20BrN3O2. The van der Waals surface area contributed by atoms with Crippen LogP contribution < -0.4 is 14.8 Å². The van der Waals surface area contributed by atoms with Crippen molar-refractivity contribution in [1.82, 2.24) is 15.1 Å². The molecule has 4 rings (SSSR count). The zero-order chi connectivity index (χ0) is 17.2. The van der Waals surface area contributed by atoms with Gasteiger partial charge in [-0.1, -0.05) is 18.2 Å². The highest BCUT2D eigenvalue weighted by Gasteiger charge is 2.15. The van der Waals surface area contributed by atoms with Crippen molar-refractivity contribution in [2.45, 2.75) is 19.5 Å². The summed E-state index contributed by atoms with van der Waals surface area (Å²) in [5.74, 6) is 1.61. The van der Waals surface area contributed by atoms with Crippen molar-refractivity contribution in [2.24, 2.45) is 7.05 Å². The van der Waals surface area contributed by atoms with E-state index in [1.807, 2.05) is 17.8 Å². The second-order valence-corrected chi connectivity index (χ2v) is 7.00. The SMILES string of the molecule is Cn1nc(CNCc2cc(Br)c3c(c2)OCCCO3)c2ccccc21. The second-order valence-electron chi connectivity index (χ2n) is 6.15. The van der Waals surface area contributed by atoms with Crippen molar-refractivity contribution in [1.29, 1.82) is 0 Å². The molecule has 25 heavy (non-hydrogen) atoms. The van der Waals surface area contributed by atoms with Gasteiger partial charge in [0.05, 0.1) is 28.9 Å². The minimum absolute atomic E-state index is 0.690. The summed E-state index contributed by atoms with van der Waals surface area (Å²) in [6, 6.07) is 12.4. The van der Waals surface area contributed by atoms with E-state index in [0.717, 1.165) is 45.7 Å². The normalized spacial score (nSPS) is 13.8. The highest BCUT2D eigenvalue weighted by atomic mass is 79.9. The first-order chi connectivity index (χ1) is 12.2. The molecule has 130 valence electrons. The Morgan fingerprint density at radius 2 is 2.00 bits per heavy atom. The van der Waals surface area contributed by atoms with Crippen LogP contribution in [0.3, 0.4) is 0 Å². The number of nitrogens with zero attached hydrogens (tertiary/aromatic N) is 2. The Labute approximate surface area is 155 Å². The molecule has 2 heterocycles. The van der Waals surface area contributed by atoms with Gasteiger partial charge < -0.3 is 14.8 Å². The van der Waals surface area contributed by atoms with Crippen LogP contribution in [-0.4, -0.2) is 23.0 Å². The maximum Gasteiger partial charge on any atom is 0.175 e. The standard InChI is InChI=1S/C19H20BrN3O2/c1-23-17-6-3-2-5-14(17)16(22-23)12-21-11-13-9-15(20)19-18(10-13)24-7-4-8-25-19/h2-3,5-6,9-10,21H,4,7-8,11-12H2,1H3. The average molecular weight is 402 g/mol. The molecule has 1 aliphatic heterocycles. The molecule has 0 bridgehead atoms. The summed E-state index contributed by atoms with van der Waals surface area (Å²) in [6.07, 6.45) is 0.904. The maximum atomic E-state index is 5.80. The van der Waals surface area contributed by atoms with E-state index in [-0.39, 0.29) is 0 Å². The van der Waals surface area contributed by atoms with Gasteiger partial charge in [0.15, 0.2) is 11.5 Å². The number of aromatic nitrogens is 2. The van der Waals surface area contributed by atoms with E-state index in [2.05, 4.69) is 56.7 Å². The molecular weight excluding hydrogens is 382 g/mol. The summed E-state index contributed by atoms with van der Waals surface area (Å²) in [7, 11) is 1.98. The van der Waals surface area contributed by atoms with Crippen molar-refractivity contribution >= 4 is 26.8 Å². The van der Waals surface area contributed by atoms with Crippen LogP contribution in [0, 0.1) is 0 Å². The van der Waals surface area contributed by atoms with Gasteiger partial charge in [0.2, 0.25) is 0 Å². The number of rotatable bonds is 4. The first-order valence-corrected chi connectivity index (χ1v) is 9.21. The van der Waals surface area contributed by atoms with Gasteiger partial charge in [-0.15, -0.1) is 0 Å². The van der Waals surface area contributed by atoms with E-state index in [4.69, 9.17) is 9.47 Å². The van der Waals surface area contributed by atoms with Crippen LogP contribution in [0.4, 0.5) is 0 Å². The van der Waals surface area contributed by atoms with Crippen LogP contribution in [0.5, 0.6) is 11.5 Å². The Morgan fingerprint density at radius 1 is 1.16 bits per heavy atom. The Hall–Kier alpha value is -2.05. The van der Waals surface area contributed by atoms with Crippen molar-refractivity contribution < 1.29 is 9.47 Å². The number of benzene rings is 2. The number of para-hydroxylation sites is 1. The Morgan fingerprint density at radius 3 is 2.92 bits per heavy atom. The Balaban J connectivity index is 1.48. The number of ether oxygens (including phenoxy) is 2. The van der Waals surface area contributed by atoms with E-state index in [9.17, 15) is 0 Å². The van der Waals surface area contributed by atoms with Crippen LogP contribution in [0.15, 0.2) is 40.9 Å². The van der Waals surface area contributed by atoms with E-state index < -0.39 is 0 Å².